The second-order valence-corrected chi connectivity index (χ2v) is 8.84. The minimum Gasteiger partial charge on any atom is -0.309 e. The smallest absolute Gasteiger partial charge is 0.216 e. The van der Waals surface area contributed by atoms with Crippen molar-refractivity contribution in [3.63, 3.8) is 0 Å². The third-order valence-electron chi connectivity index (χ3n) is 4.34. The molecule has 3 aromatic rings. The first-order chi connectivity index (χ1) is 12.9. The summed E-state index contributed by atoms with van der Waals surface area (Å²) >= 11 is 0. The maximum Gasteiger partial charge on any atom is 0.216 e. The Morgan fingerprint density at radius 2 is 1.48 bits per heavy atom. The highest BCUT2D eigenvalue weighted by Gasteiger charge is 2.15. The lowest BCUT2D eigenvalue weighted by Gasteiger charge is -2.13. The molecule has 0 spiro atoms. The summed E-state index contributed by atoms with van der Waals surface area (Å²) in [5, 5.41) is 5.89. The van der Waals surface area contributed by atoms with Gasteiger partial charge >= 0.3 is 0 Å². The maximum absolute atomic E-state index is 12.3. The largest absolute Gasteiger partial charge is 0.309 e. The van der Waals surface area contributed by atoms with Gasteiger partial charge < -0.3 is 5.32 Å². The lowest BCUT2D eigenvalue weighted by Crippen LogP contribution is -2.31. The van der Waals surface area contributed by atoms with E-state index in [0.29, 0.717) is 6.54 Å². The Bertz CT molecular complexity index is 1010. The minimum atomic E-state index is -3.34. The van der Waals surface area contributed by atoms with Crippen LogP contribution < -0.4 is 10.0 Å². The molecule has 0 radical (unpaired) electrons. The topological polar surface area (TPSA) is 58.2 Å². The van der Waals surface area contributed by atoms with Crippen LogP contribution in [0.25, 0.3) is 10.8 Å². The Kier molecular flexibility index (Phi) is 6.26. The van der Waals surface area contributed by atoms with Crippen molar-refractivity contribution in [2.75, 3.05) is 0 Å². The molecule has 0 saturated carbocycles. The highest BCUT2D eigenvalue weighted by Crippen LogP contribution is 2.16. The minimum absolute atomic E-state index is 0.000984. The van der Waals surface area contributed by atoms with E-state index in [2.05, 4.69) is 40.4 Å². The first-order valence-corrected chi connectivity index (χ1v) is 10.8. The van der Waals surface area contributed by atoms with Crippen molar-refractivity contribution in [1.82, 2.24) is 10.0 Å². The van der Waals surface area contributed by atoms with Crippen LogP contribution in [0.3, 0.4) is 0 Å². The molecule has 0 aliphatic carbocycles. The van der Waals surface area contributed by atoms with Gasteiger partial charge in [-0.2, -0.15) is 0 Å². The van der Waals surface area contributed by atoms with Crippen molar-refractivity contribution in [2.45, 2.75) is 38.7 Å². The van der Waals surface area contributed by atoms with Crippen LogP contribution in [0.4, 0.5) is 0 Å². The monoisotopic (exact) mass is 382 g/mol. The van der Waals surface area contributed by atoms with Crippen LogP contribution in [-0.4, -0.2) is 14.5 Å². The first kappa shape index (κ1) is 19.5. The fourth-order valence-electron chi connectivity index (χ4n) is 3.17. The van der Waals surface area contributed by atoms with Gasteiger partial charge in [-0.25, -0.2) is 13.1 Å². The van der Waals surface area contributed by atoms with Crippen molar-refractivity contribution in [1.29, 1.82) is 0 Å². The summed E-state index contributed by atoms with van der Waals surface area (Å²) < 4.78 is 27.1. The third kappa shape index (κ3) is 5.63. The molecule has 27 heavy (non-hydrogen) atoms. The van der Waals surface area contributed by atoms with E-state index in [0.717, 1.165) is 17.7 Å². The lowest BCUT2D eigenvalue weighted by atomic mass is 10.1. The molecule has 4 nitrogen and oxygen atoms in total. The van der Waals surface area contributed by atoms with E-state index in [1.165, 1.54) is 16.3 Å². The van der Waals surface area contributed by atoms with Crippen LogP contribution in [-0.2, 0) is 28.9 Å². The van der Waals surface area contributed by atoms with Crippen LogP contribution >= 0.6 is 0 Å². The van der Waals surface area contributed by atoms with Gasteiger partial charge in [-0.15, -0.1) is 0 Å². The van der Waals surface area contributed by atoms with E-state index in [1.807, 2.05) is 50.2 Å². The van der Waals surface area contributed by atoms with Crippen LogP contribution in [0.5, 0.6) is 0 Å². The lowest BCUT2D eigenvalue weighted by molar-refractivity contribution is 0.568. The van der Waals surface area contributed by atoms with Gasteiger partial charge in [0, 0.05) is 19.1 Å². The molecule has 0 atom stereocenters. The van der Waals surface area contributed by atoms with E-state index in [-0.39, 0.29) is 11.8 Å². The maximum atomic E-state index is 12.3. The highest BCUT2D eigenvalue weighted by atomic mass is 32.2. The summed E-state index contributed by atoms with van der Waals surface area (Å²) in [6.45, 7) is 5.01. The van der Waals surface area contributed by atoms with Crippen LogP contribution in [0.15, 0.2) is 66.7 Å². The molecule has 0 amide bonds. The molecule has 2 N–H and O–H groups in total. The van der Waals surface area contributed by atoms with Gasteiger partial charge in [0.15, 0.2) is 0 Å². The summed E-state index contributed by atoms with van der Waals surface area (Å²) in [4.78, 5) is 0. The number of benzene rings is 3. The molecule has 0 unspecified atom stereocenters. The zero-order valence-electron chi connectivity index (χ0n) is 15.8. The zero-order chi connectivity index (χ0) is 19.3. The van der Waals surface area contributed by atoms with E-state index in [1.54, 1.807) is 0 Å². The predicted molar refractivity (Wildman–Crippen MR) is 112 cm³/mol. The standard InChI is InChI=1S/C22H26N2O2S/c1-17(2)24-27(25,26)16-22-10-6-5-9-21(22)15-23-14-18-11-12-19-7-3-4-8-20(19)13-18/h3-13,17,23-24H,14-16H2,1-2H3. The molecule has 142 valence electrons. The SMILES string of the molecule is CC(C)NS(=O)(=O)Cc1ccccc1CNCc1ccc2ccccc2c1. The molecule has 3 aromatic carbocycles. The van der Waals surface area contributed by atoms with Gasteiger partial charge in [0.2, 0.25) is 10.0 Å². The predicted octanol–water partition coefficient (Wildman–Crippen LogP) is 3.96. The molecule has 0 saturated heterocycles. The molecule has 0 bridgehead atoms. The van der Waals surface area contributed by atoms with Crippen molar-refractivity contribution in [3.8, 4) is 0 Å². The second kappa shape index (κ2) is 8.65. The molecule has 0 aliphatic heterocycles. The van der Waals surface area contributed by atoms with Crippen molar-refractivity contribution in [2.24, 2.45) is 0 Å². The molecule has 0 aromatic heterocycles. The Hall–Kier alpha value is -2.21. The summed E-state index contributed by atoms with van der Waals surface area (Å²) in [7, 11) is -3.34. The molecular formula is C22H26N2O2S. The van der Waals surface area contributed by atoms with E-state index >= 15 is 0 Å². The molecule has 0 heterocycles. The van der Waals surface area contributed by atoms with E-state index in [4.69, 9.17) is 0 Å². The first-order valence-electron chi connectivity index (χ1n) is 9.18. The van der Waals surface area contributed by atoms with Gasteiger partial charge in [0.1, 0.15) is 0 Å². The Labute approximate surface area is 161 Å². The number of nitrogens with one attached hydrogen (secondary N) is 2. The fourth-order valence-corrected chi connectivity index (χ4v) is 4.66. The van der Waals surface area contributed by atoms with Crippen molar-refractivity contribution >= 4 is 20.8 Å². The molecule has 0 aliphatic rings. The van der Waals surface area contributed by atoms with Crippen LogP contribution in [0.1, 0.15) is 30.5 Å². The van der Waals surface area contributed by atoms with Crippen LogP contribution in [0, 0.1) is 0 Å². The number of fused-ring (bicyclic) bond motifs is 1. The van der Waals surface area contributed by atoms with Crippen molar-refractivity contribution in [3.05, 3.63) is 83.4 Å². The van der Waals surface area contributed by atoms with E-state index in [9.17, 15) is 8.42 Å². The molecule has 0 fully saturated rings. The highest BCUT2D eigenvalue weighted by molar-refractivity contribution is 7.88. The Balaban J connectivity index is 1.65. The van der Waals surface area contributed by atoms with E-state index < -0.39 is 10.0 Å². The Morgan fingerprint density at radius 1 is 0.815 bits per heavy atom. The summed E-state index contributed by atoms with van der Waals surface area (Å²) in [6.07, 6.45) is 0. The third-order valence-corrected chi connectivity index (χ3v) is 5.86. The number of rotatable bonds is 8. The van der Waals surface area contributed by atoms with Gasteiger partial charge in [-0.3, -0.25) is 0 Å². The van der Waals surface area contributed by atoms with Gasteiger partial charge in [0.25, 0.3) is 0 Å². The van der Waals surface area contributed by atoms with Gasteiger partial charge in [-0.05, 0) is 47.4 Å². The molecular weight excluding hydrogens is 356 g/mol. The number of sulfonamides is 1. The van der Waals surface area contributed by atoms with Gasteiger partial charge in [-0.1, -0.05) is 60.7 Å². The van der Waals surface area contributed by atoms with Crippen LogP contribution in [0.2, 0.25) is 0 Å². The second-order valence-electron chi connectivity index (χ2n) is 7.09. The number of hydrogen-bond donors (Lipinski definition) is 2. The summed E-state index contributed by atoms with van der Waals surface area (Å²) in [5.74, 6) is -0.000984. The fraction of sp³-hybridized carbons (Fsp3) is 0.273. The zero-order valence-corrected chi connectivity index (χ0v) is 16.6. The molecule has 3 rings (SSSR count). The quantitative estimate of drug-likeness (QED) is 0.620. The number of hydrogen-bond acceptors (Lipinski definition) is 3. The average Bonchev–Trinajstić information content (AvgIpc) is 2.61. The normalized spacial score (nSPS) is 12.0. The molecule has 5 heteroatoms. The summed E-state index contributed by atoms with van der Waals surface area (Å²) in [6, 6.07) is 22.3. The average molecular weight is 383 g/mol. The Morgan fingerprint density at radius 3 is 2.22 bits per heavy atom. The summed E-state index contributed by atoms with van der Waals surface area (Å²) in [5.41, 5.74) is 3.05. The van der Waals surface area contributed by atoms with Crippen molar-refractivity contribution < 1.29 is 8.42 Å². The van der Waals surface area contributed by atoms with Gasteiger partial charge in [0.05, 0.1) is 5.75 Å².